The minimum absolute atomic E-state index is 0.0105. The minimum atomic E-state index is -0.223. The molecule has 1 aromatic heterocycles. The highest BCUT2D eigenvalue weighted by Crippen LogP contribution is 2.47. The summed E-state index contributed by atoms with van der Waals surface area (Å²) in [5, 5.41) is 3.38. The third-order valence-corrected chi connectivity index (χ3v) is 7.01. The molecule has 1 aromatic carbocycles. The second-order valence-corrected chi connectivity index (χ2v) is 9.14. The summed E-state index contributed by atoms with van der Waals surface area (Å²) in [6.45, 7) is 0.606. The van der Waals surface area contributed by atoms with Gasteiger partial charge in [-0.3, -0.25) is 4.90 Å². The van der Waals surface area contributed by atoms with Crippen LogP contribution in [-0.2, 0) is 5.54 Å². The number of urea groups is 1. The lowest BCUT2D eigenvalue weighted by atomic mass is 9.69. The average Bonchev–Trinajstić information content (AvgIpc) is 2.99. The molecule has 1 spiro atoms. The SMILES string of the molecule is CN(I)C1(c2ccccc2)CCC2(CC1)CN(c1ccnc(Cl)n1)C(=O)N2. The van der Waals surface area contributed by atoms with Gasteiger partial charge in [0.15, 0.2) is 0 Å². The summed E-state index contributed by atoms with van der Waals surface area (Å²) in [7, 11) is 2.13. The molecule has 8 heteroatoms. The Hall–Kier alpha value is -1.45. The van der Waals surface area contributed by atoms with Crippen molar-refractivity contribution < 1.29 is 4.79 Å². The molecule has 1 aliphatic heterocycles. The molecule has 1 aliphatic carbocycles. The van der Waals surface area contributed by atoms with Crippen molar-refractivity contribution >= 4 is 46.3 Å². The number of anilines is 1. The van der Waals surface area contributed by atoms with Crippen LogP contribution >= 0.6 is 34.5 Å². The average molecular weight is 498 g/mol. The van der Waals surface area contributed by atoms with Crippen molar-refractivity contribution in [3.8, 4) is 0 Å². The lowest BCUT2D eigenvalue weighted by molar-refractivity contribution is 0.124. The van der Waals surface area contributed by atoms with Crippen LogP contribution in [0.15, 0.2) is 42.6 Å². The van der Waals surface area contributed by atoms with E-state index in [1.165, 1.54) is 5.56 Å². The number of amides is 2. The highest BCUT2D eigenvalue weighted by Gasteiger charge is 2.50. The second kappa shape index (κ2) is 7.18. The minimum Gasteiger partial charge on any atom is -0.330 e. The maximum atomic E-state index is 12.6. The molecule has 0 radical (unpaired) electrons. The van der Waals surface area contributed by atoms with Gasteiger partial charge >= 0.3 is 6.03 Å². The predicted molar refractivity (Wildman–Crippen MR) is 114 cm³/mol. The van der Waals surface area contributed by atoms with Crippen LogP contribution < -0.4 is 10.2 Å². The van der Waals surface area contributed by atoms with Gasteiger partial charge in [0, 0.05) is 29.1 Å². The van der Waals surface area contributed by atoms with E-state index in [2.05, 4.69) is 78.6 Å². The molecule has 0 atom stereocenters. The zero-order chi connectivity index (χ0) is 19.1. The Labute approximate surface area is 177 Å². The fourth-order valence-electron chi connectivity index (χ4n) is 4.32. The summed E-state index contributed by atoms with van der Waals surface area (Å²) in [5.41, 5.74) is 1.10. The van der Waals surface area contributed by atoms with Crippen molar-refractivity contribution in [1.82, 2.24) is 18.4 Å². The lowest BCUT2D eigenvalue weighted by Crippen LogP contribution is -2.52. The Balaban J connectivity index is 1.55. The Morgan fingerprint density at radius 1 is 1.19 bits per heavy atom. The summed E-state index contributed by atoms with van der Waals surface area (Å²) >= 11 is 8.30. The van der Waals surface area contributed by atoms with Gasteiger partial charge in [-0.25, -0.2) is 17.9 Å². The highest BCUT2D eigenvalue weighted by atomic mass is 127. The molecule has 1 saturated heterocycles. The van der Waals surface area contributed by atoms with Gasteiger partial charge in [-0.15, -0.1) is 0 Å². The molecule has 2 fully saturated rings. The Morgan fingerprint density at radius 3 is 2.52 bits per heavy atom. The third-order valence-electron chi connectivity index (χ3n) is 5.90. The van der Waals surface area contributed by atoms with Crippen molar-refractivity contribution in [2.24, 2.45) is 0 Å². The molecule has 2 amide bonds. The van der Waals surface area contributed by atoms with Gasteiger partial charge in [0.2, 0.25) is 5.28 Å². The van der Waals surface area contributed by atoms with E-state index in [9.17, 15) is 4.79 Å². The Bertz CT molecular complexity index is 839. The molecule has 2 heterocycles. The molecular weight excluding hydrogens is 477 g/mol. The molecule has 1 N–H and O–H groups in total. The Kier molecular flexibility index (Phi) is 5.02. The number of rotatable bonds is 3. The van der Waals surface area contributed by atoms with Crippen molar-refractivity contribution in [2.45, 2.75) is 36.8 Å². The maximum absolute atomic E-state index is 12.6. The zero-order valence-electron chi connectivity index (χ0n) is 15.0. The summed E-state index contributed by atoms with van der Waals surface area (Å²) < 4.78 is 2.30. The molecule has 4 rings (SSSR count). The van der Waals surface area contributed by atoms with Gasteiger partial charge < -0.3 is 5.32 Å². The van der Waals surface area contributed by atoms with E-state index in [1.807, 2.05) is 0 Å². The smallest absolute Gasteiger partial charge is 0.323 e. The Morgan fingerprint density at radius 2 is 1.89 bits per heavy atom. The number of hydrogen-bond donors (Lipinski definition) is 1. The van der Waals surface area contributed by atoms with Gasteiger partial charge in [0.05, 0.1) is 17.6 Å². The molecule has 2 aliphatic rings. The number of halogens is 2. The molecule has 0 unspecified atom stereocenters. The van der Waals surface area contributed by atoms with Crippen molar-refractivity contribution in [3.05, 3.63) is 53.4 Å². The molecule has 27 heavy (non-hydrogen) atoms. The van der Waals surface area contributed by atoms with E-state index in [4.69, 9.17) is 11.6 Å². The molecule has 6 nitrogen and oxygen atoms in total. The molecule has 2 aromatic rings. The van der Waals surface area contributed by atoms with Crippen LogP contribution in [0.25, 0.3) is 0 Å². The monoisotopic (exact) mass is 497 g/mol. The van der Waals surface area contributed by atoms with E-state index in [0.717, 1.165) is 25.7 Å². The van der Waals surface area contributed by atoms with Gasteiger partial charge in [-0.2, -0.15) is 0 Å². The first-order chi connectivity index (χ1) is 12.9. The number of benzene rings is 1. The standard InChI is InChI=1S/C19H21ClIN5O/c1-25(21)19(14-5-3-2-4-6-14)10-8-18(9-11-19)13-26(17(27)24-18)15-7-12-22-16(20)23-15/h2-7,12H,8-11,13H2,1H3,(H,24,27). The largest absolute Gasteiger partial charge is 0.330 e. The first-order valence-electron chi connectivity index (χ1n) is 8.98. The summed E-state index contributed by atoms with van der Waals surface area (Å²) in [6.07, 6.45) is 5.37. The number of carbonyl (C=O) groups is 1. The van der Waals surface area contributed by atoms with Crippen LogP contribution in [0.1, 0.15) is 31.2 Å². The summed E-state index contributed by atoms with van der Waals surface area (Å²) in [6, 6.07) is 12.3. The number of carbonyl (C=O) groups excluding carboxylic acids is 1. The van der Waals surface area contributed by atoms with E-state index in [-0.39, 0.29) is 22.4 Å². The van der Waals surface area contributed by atoms with Gasteiger partial charge in [0.25, 0.3) is 0 Å². The molecule has 1 saturated carbocycles. The third kappa shape index (κ3) is 3.40. The van der Waals surface area contributed by atoms with Gasteiger partial charge in [-0.1, -0.05) is 30.3 Å². The number of aromatic nitrogens is 2. The van der Waals surface area contributed by atoms with E-state index in [0.29, 0.717) is 12.4 Å². The molecular formula is C19H21ClIN5O. The van der Waals surface area contributed by atoms with E-state index < -0.39 is 0 Å². The van der Waals surface area contributed by atoms with E-state index in [1.54, 1.807) is 17.2 Å². The van der Waals surface area contributed by atoms with Crippen LogP contribution in [-0.4, -0.2) is 38.2 Å². The topological polar surface area (TPSA) is 61.4 Å². The summed E-state index contributed by atoms with van der Waals surface area (Å²) in [4.78, 5) is 22.4. The molecule has 0 bridgehead atoms. The van der Waals surface area contributed by atoms with Crippen LogP contribution in [0.5, 0.6) is 0 Å². The quantitative estimate of drug-likeness (QED) is 0.393. The predicted octanol–water partition coefficient (Wildman–Crippen LogP) is 4.15. The van der Waals surface area contributed by atoms with Crippen LogP contribution in [0.3, 0.4) is 0 Å². The van der Waals surface area contributed by atoms with Crippen molar-refractivity contribution in [3.63, 3.8) is 0 Å². The maximum Gasteiger partial charge on any atom is 0.323 e. The summed E-state index contributed by atoms with van der Waals surface area (Å²) in [5.74, 6) is 0.551. The van der Waals surface area contributed by atoms with Crippen LogP contribution in [0.4, 0.5) is 10.6 Å². The van der Waals surface area contributed by atoms with Gasteiger partial charge in [-0.05, 0) is 56.0 Å². The first-order valence-corrected chi connectivity index (χ1v) is 10.3. The zero-order valence-corrected chi connectivity index (χ0v) is 17.9. The van der Waals surface area contributed by atoms with Crippen molar-refractivity contribution in [1.29, 1.82) is 0 Å². The first kappa shape index (κ1) is 18.9. The normalized spacial score (nSPS) is 28.0. The lowest BCUT2D eigenvalue weighted by Gasteiger charge is -2.47. The van der Waals surface area contributed by atoms with Crippen LogP contribution in [0, 0.1) is 0 Å². The number of hydrogen-bond acceptors (Lipinski definition) is 4. The van der Waals surface area contributed by atoms with Crippen LogP contribution in [0.2, 0.25) is 5.28 Å². The van der Waals surface area contributed by atoms with Crippen molar-refractivity contribution in [2.75, 3.05) is 18.5 Å². The van der Waals surface area contributed by atoms with Gasteiger partial charge in [0.1, 0.15) is 5.82 Å². The highest BCUT2D eigenvalue weighted by molar-refractivity contribution is 14.1. The second-order valence-electron chi connectivity index (χ2n) is 7.36. The molecule has 142 valence electrons. The van der Waals surface area contributed by atoms with E-state index >= 15 is 0 Å². The number of nitrogens with one attached hydrogen (secondary N) is 1. The number of nitrogens with zero attached hydrogens (tertiary/aromatic N) is 4. The fraction of sp³-hybridized carbons (Fsp3) is 0.421. The fourth-order valence-corrected chi connectivity index (χ4v) is 5.22.